The molecular formula is C12H25Cl. The molecule has 13 heavy (non-hydrogen) atoms. The van der Waals surface area contributed by atoms with Crippen LogP contribution in [-0.2, 0) is 0 Å². The van der Waals surface area contributed by atoms with Crippen LogP contribution in [0.15, 0.2) is 0 Å². The van der Waals surface area contributed by atoms with Crippen LogP contribution in [0.25, 0.3) is 0 Å². The Morgan fingerprint density at radius 2 is 1.54 bits per heavy atom. The molecule has 0 amide bonds. The van der Waals surface area contributed by atoms with Crippen molar-refractivity contribution in [3.8, 4) is 0 Å². The lowest BCUT2D eigenvalue weighted by Gasteiger charge is -2.35. The topological polar surface area (TPSA) is 0 Å². The molecule has 0 saturated carbocycles. The van der Waals surface area contributed by atoms with Crippen LogP contribution in [0.4, 0.5) is 0 Å². The lowest BCUT2D eigenvalue weighted by Crippen LogP contribution is -2.28. The van der Waals surface area contributed by atoms with Crippen LogP contribution in [0, 0.1) is 11.3 Å². The first-order chi connectivity index (χ1) is 5.75. The van der Waals surface area contributed by atoms with Crippen molar-refractivity contribution in [2.75, 3.05) is 0 Å². The summed E-state index contributed by atoms with van der Waals surface area (Å²) in [5.74, 6) is 0.694. The average molecular weight is 205 g/mol. The Morgan fingerprint density at radius 3 is 1.85 bits per heavy atom. The van der Waals surface area contributed by atoms with Crippen LogP contribution in [0.1, 0.15) is 60.8 Å². The largest absolute Gasteiger partial charge is 0.120 e. The number of hydrogen-bond acceptors (Lipinski definition) is 0. The lowest BCUT2D eigenvalue weighted by atomic mass is 9.73. The first-order valence-electron chi connectivity index (χ1n) is 5.44. The van der Waals surface area contributed by atoms with Crippen LogP contribution in [0.3, 0.4) is 0 Å². The predicted molar refractivity (Wildman–Crippen MR) is 62.4 cm³/mol. The predicted octanol–water partition coefficient (Wildman–Crippen LogP) is 4.86. The van der Waals surface area contributed by atoms with Crippen LogP contribution >= 0.6 is 11.6 Å². The highest BCUT2D eigenvalue weighted by Gasteiger charge is 2.30. The molecule has 0 saturated heterocycles. The van der Waals surface area contributed by atoms with Gasteiger partial charge in [-0.2, -0.15) is 0 Å². The Bertz CT molecular complexity index is 147. The van der Waals surface area contributed by atoms with Gasteiger partial charge in [0.05, 0.1) is 0 Å². The van der Waals surface area contributed by atoms with Crippen LogP contribution < -0.4 is 0 Å². The number of alkyl halides is 1. The van der Waals surface area contributed by atoms with Gasteiger partial charge in [0.15, 0.2) is 0 Å². The van der Waals surface area contributed by atoms with E-state index in [2.05, 4.69) is 41.5 Å². The molecule has 0 radical (unpaired) electrons. The summed E-state index contributed by atoms with van der Waals surface area (Å²) in [7, 11) is 0. The molecule has 0 nitrogen and oxygen atoms in total. The highest BCUT2D eigenvalue weighted by Crippen LogP contribution is 2.38. The van der Waals surface area contributed by atoms with E-state index in [1.165, 1.54) is 6.42 Å². The zero-order valence-electron chi connectivity index (χ0n) is 10.1. The van der Waals surface area contributed by atoms with Crippen LogP contribution in [0.2, 0.25) is 0 Å². The highest BCUT2D eigenvalue weighted by atomic mass is 35.5. The van der Waals surface area contributed by atoms with E-state index in [1.807, 2.05) is 0 Å². The summed E-state index contributed by atoms with van der Waals surface area (Å²) < 4.78 is 0. The minimum Gasteiger partial charge on any atom is -0.120 e. The maximum atomic E-state index is 6.38. The molecule has 0 spiro atoms. The maximum absolute atomic E-state index is 6.38. The van der Waals surface area contributed by atoms with Gasteiger partial charge in [-0.1, -0.05) is 41.0 Å². The standard InChI is InChI=1S/C12H25Cl/c1-7-11(4,5)10(3)9-12(6,13)8-2/h10H,7-9H2,1-6H3. The summed E-state index contributed by atoms with van der Waals surface area (Å²) in [6, 6.07) is 0. The van der Waals surface area contributed by atoms with Crippen molar-refractivity contribution in [3.05, 3.63) is 0 Å². The van der Waals surface area contributed by atoms with Gasteiger partial charge in [0.2, 0.25) is 0 Å². The monoisotopic (exact) mass is 204 g/mol. The van der Waals surface area contributed by atoms with Crippen molar-refractivity contribution in [2.45, 2.75) is 65.7 Å². The molecule has 2 atom stereocenters. The quantitative estimate of drug-likeness (QED) is 0.562. The van der Waals surface area contributed by atoms with E-state index >= 15 is 0 Å². The minimum atomic E-state index is -0.00808. The van der Waals surface area contributed by atoms with E-state index in [-0.39, 0.29) is 4.87 Å². The van der Waals surface area contributed by atoms with Crippen molar-refractivity contribution >= 4 is 11.6 Å². The minimum absolute atomic E-state index is 0.00808. The maximum Gasteiger partial charge on any atom is 0.0418 e. The van der Waals surface area contributed by atoms with Crippen LogP contribution in [0.5, 0.6) is 0 Å². The third-order valence-corrected chi connectivity index (χ3v) is 4.14. The first kappa shape index (κ1) is 13.3. The van der Waals surface area contributed by atoms with E-state index in [4.69, 9.17) is 11.6 Å². The average Bonchev–Trinajstić information content (AvgIpc) is 2.04. The van der Waals surface area contributed by atoms with Gasteiger partial charge < -0.3 is 0 Å². The van der Waals surface area contributed by atoms with Gasteiger partial charge in [0, 0.05) is 4.87 Å². The van der Waals surface area contributed by atoms with E-state index in [1.54, 1.807) is 0 Å². The second-order valence-corrected chi connectivity index (χ2v) is 6.13. The van der Waals surface area contributed by atoms with Crippen molar-refractivity contribution in [2.24, 2.45) is 11.3 Å². The van der Waals surface area contributed by atoms with Crippen molar-refractivity contribution in [1.29, 1.82) is 0 Å². The molecule has 0 bridgehead atoms. The molecule has 80 valence electrons. The van der Waals surface area contributed by atoms with Gasteiger partial charge in [-0.3, -0.25) is 0 Å². The molecule has 0 aromatic carbocycles. The summed E-state index contributed by atoms with van der Waals surface area (Å²) in [5.41, 5.74) is 0.422. The Hall–Kier alpha value is 0.290. The Kier molecular flexibility index (Phi) is 4.79. The molecule has 0 aromatic rings. The molecule has 0 aromatic heterocycles. The molecule has 0 N–H and O–H groups in total. The van der Waals surface area contributed by atoms with E-state index < -0.39 is 0 Å². The lowest BCUT2D eigenvalue weighted by molar-refractivity contribution is 0.192. The van der Waals surface area contributed by atoms with Gasteiger partial charge in [-0.15, -0.1) is 11.6 Å². The smallest absolute Gasteiger partial charge is 0.0418 e. The fraction of sp³-hybridized carbons (Fsp3) is 1.00. The summed E-state index contributed by atoms with van der Waals surface area (Å²) >= 11 is 6.38. The molecule has 1 heteroatoms. The second-order valence-electron chi connectivity index (χ2n) is 5.21. The van der Waals surface area contributed by atoms with Crippen molar-refractivity contribution < 1.29 is 0 Å². The first-order valence-corrected chi connectivity index (χ1v) is 5.82. The molecule has 0 aliphatic carbocycles. The van der Waals surface area contributed by atoms with Crippen LogP contribution in [-0.4, -0.2) is 4.87 Å². The van der Waals surface area contributed by atoms with Gasteiger partial charge in [-0.25, -0.2) is 0 Å². The SMILES string of the molecule is CCC(C)(Cl)CC(C)C(C)(C)CC. The number of rotatable bonds is 5. The van der Waals surface area contributed by atoms with Gasteiger partial charge >= 0.3 is 0 Å². The fourth-order valence-electron chi connectivity index (χ4n) is 1.41. The Morgan fingerprint density at radius 1 is 1.08 bits per heavy atom. The van der Waals surface area contributed by atoms with Gasteiger partial charge in [0.1, 0.15) is 0 Å². The molecule has 0 rings (SSSR count). The van der Waals surface area contributed by atoms with Crippen molar-refractivity contribution in [3.63, 3.8) is 0 Å². The van der Waals surface area contributed by atoms with Gasteiger partial charge in [-0.05, 0) is 31.1 Å². The summed E-state index contributed by atoms with van der Waals surface area (Å²) in [4.78, 5) is -0.00808. The third-order valence-electron chi connectivity index (χ3n) is 3.71. The number of halogens is 1. The zero-order chi connectivity index (χ0) is 10.7. The molecule has 0 aliphatic rings. The van der Waals surface area contributed by atoms with E-state index in [9.17, 15) is 0 Å². The van der Waals surface area contributed by atoms with Crippen molar-refractivity contribution in [1.82, 2.24) is 0 Å². The zero-order valence-corrected chi connectivity index (χ0v) is 10.8. The fourth-order valence-corrected chi connectivity index (χ4v) is 1.64. The molecule has 0 aliphatic heterocycles. The molecule has 0 fully saturated rings. The Balaban J connectivity index is 4.22. The second kappa shape index (κ2) is 4.68. The third kappa shape index (κ3) is 4.35. The van der Waals surface area contributed by atoms with Gasteiger partial charge in [0.25, 0.3) is 0 Å². The molecule has 0 heterocycles. The summed E-state index contributed by atoms with van der Waals surface area (Å²) in [6.07, 6.45) is 3.40. The van der Waals surface area contributed by atoms with E-state index in [0.717, 1.165) is 12.8 Å². The summed E-state index contributed by atoms with van der Waals surface area (Å²) in [5, 5.41) is 0. The highest BCUT2D eigenvalue weighted by molar-refractivity contribution is 6.23. The van der Waals surface area contributed by atoms with E-state index in [0.29, 0.717) is 11.3 Å². The molecule has 2 unspecified atom stereocenters. The Labute approximate surface area is 89.1 Å². The number of hydrogen-bond donors (Lipinski definition) is 0. The normalized spacial score (nSPS) is 19.6. The summed E-state index contributed by atoms with van der Waals surface area (Å²) in [6.45, 7) is 13.6. The molecular weight excluding hydrogens is 180 g/mol.